The van der Waals surface area contributed by atoms with Gasteiger partial charge in [-0.05, 0) is 30.2 Å². The molecule has 1 heterocycles. The highest BCUT2D eigenvalue weighted by Gasteiger charge is 2.15. The van der Waals surface area contributed by atoms with Crippen LogP contribution in [0.3, 0.4) is 0 Å². The van der Waals surface area contributed by atoms with Crippen LogP contribution in [-0.2, 0) is 4.74 Å². The van der Waals surface area contributed by atoms with Crippen LogP contribution in [0.5, 0.6) is 0 Å². The van der Waals surface area contributed by atoms with E-state index in [0.717, 1.165) is 31.5 Å². The van der Waals surface area contributed by atoms with Crippen molar-refractivity contribution in [3.05, 3.63) is 40.4 Å². The van der Waals surface area contributed by atoms with Crippen LogP contribution >= 0.6 is 11.6 Å². The summed E-state index contributed by atoms with van der Waals surface area (Å²) in [6, 6.07) is 5.43. The average Bonchev–Trinajstić information content (AvgIpc) is 2.40. The van der Waals surface area contributed by atoms with E-state index in [1.807, 2.05) is 12.1 Å². The Morgan fingerprint density at radius 1 is 1.50 bits per heavy atom. The van der Waals surface area contributed by atoms with E-state index in [1.165, 1.54) is 5.57 Å². The number of methoxy groups -OCH3 is 1. The summed E-state index contributed by atoms with van der Waals surface area (Å²) in [5.41, 5.74) is 2.91. The molecule has 0 bridgehead atoms. The second-order valence-electron chi connectivity index (χ2n) is 4.31. The van der Waals surface area contributed by atoms with Gasteiger partial charge in [-0.15, -0.1) is 0 Å². The minimum absolute atomic E-state index is 0.591. The van der Waals surface area contributed by atoms with Crippen LogP contribution < -0.4 is 4.90 Å². The normalized spacial score (nSPS) is 15.4. The fourth-order valence-corrected chi connectivity index (χ4v) is 2.33. The summed E-state index contributed by atoms with van der Waals surface area (Å²) < 4.78 is 5.12. The second-order valence-corrected chi connectivity index (χ2v) is 4.75. The largest absolute Gasteiger partial charge is 0.380 e. The van der Waals surface area contributed by atoms with E-state index in [1.54, 1.807) is 13.2 Å². The van der Waals surface area contributed by atoms with Crippen molar-refractivity contribution in [3.63, 3.8) is 0 Å². The minimum atomic E-state index is 0.591. The van der Waals surface area contributed by atoms with Crippen LogP contribution in [0.2, 0.25) is 5.02 Å². The van der Waals surface area contributed by atoms with Gasteiger partial charge in [0.05, 0.1) is 6.61 Å². The highest BCUT2D eigenvalue weighted by atomic mass is 35.5. The number of anilines is 1. The van der Waals surface area contributed by atoms with E-state index in [4.69, 9.17) is 16.3 Å². The molecule has 0 aliphatic carbocycles. The van der Waals surface area contributed by atoms with Crippen molar-refractivity contribution in [2.45, 2.75) is 6.42 Å². The smallest absolute Gasteiger partial charge is 0.152 e. The molecule has 2 rings (SSSR count). The number of hydrogen-bond acceptors (Lipinski definition) is 3. The summed E-state index contributed by atoms with van der Waals surface area (Å²) in [4.78, 5) is 13.2. The Bertz CT molecular complexity index is 471. The van der Waals surface area contributed by atoms with Crippen LogP contribution in [-0.4, -0.2) is 33.1 Å². The zero-order valence-electron chi connectivity index (χ0n) is 10.4. The quantitative estimate of drug-likeness (QED) is 0.619. The van der Waals surface area contributed by atoms with Crippen molar-refractivity contribution in [1.29, 1.82) is 0 Å². The zero-order chi connectivity index (χ0) is 13.0. The summed E-state index contributed by atoms with van der Waals surface area (Å²) in [7, 11) is 1.71. The molecule has 0 atom stereocenters. The van der Waals surface area contributed by atoms with Gasteiger partial charge in [0.25, 0.3) is 0 Å². The molecule has 0 radical (unpaired) electrons. The monoisotopic (exact) mass is 265 g/mol. The molecule has 0 aromatic heterocycles. The first-order chi connectivity index (χ1) is 8.74. The number of benzene rings is 1. The topological polar surface area (TPSA) is 29.5 Å². The molecule has 96 valence electrons. The molecule has 0 saturated carbocycles. The molecular formula is C14H16ClNO2. The summed E-state index contributed by atoms with van der Waals surface area (Å²) in [6.07, 6.45) is 3.99. The summed E-state index contributed by atoms with van der Waals surface area (Å²) in [5.74, 6) is 0. The van der Waals surface area contributed by atoms with Gasteiger partial charge < -0.3 is 9.64 Å². The Kier molecular flexibility index (Phi) is 4.39. The van der Waals surface area contributed by atoms with Gasteiger partial charge in [0.15, 0.2) is 6.29 Å². The predicted octanol–water partition coefficient (Wildman–Crippen LogP) is 2.94. The Balaban J connectivity index is 2.16. The number of nitrogens with zero attached hydrogens (tertiary/aromatic N) is 1. The van der Waals surface area contributed by atoms with Crippen molar-refractivity contribution in [3.8, 4) is 0 Å². The maximum atomic E-state index is 11.1. The van der Waals surface area contributed by atoms with Gasteiger partial charge in [0.2, 0.25) is 0 Å². The minimum Gasteiger partial charge on any atom is -0.380 e. The zero-order valence-corrected chi connectivity index (χ0v) is 11.1. The van der Waals surface area contributed by atoms with Crippen LogP contribution in [0, 0.1) is 0 Å². The van der Waals surface area contributed by atoms with E-state index < -0.39 is 0 Å². The molecule has 0 N–H and O–H groups in total. The standard InChI is InChI=1S/C14H16ClNO2/c1-18-10-11-4-6-16(7-5-11)14-3-2-13(15)8-12(14)9-17/h2-4,8-9H,5-7,10H2,1H3. The second kappa shape index (κ2) is 6.03. The lowest BCUT2D eigenvalue weighted by Gasteiger charge is -2.29. The summed E-state index contributed by atoms with van der Waals surface area (Å²) >= 11 is 5.89. The molecule has 0 fully saturated rings. The predicted molar refractivity (Wildman–Crippen MR) is 73.6 cm³/mol. The molecule has 1 aliphatic heterocycles. The van der Waals surface area contributed by atoms with Crippen LogP contribution in [0.15, 0.2) is 29.8 Å². The molecule has 1 aliphatic rings. The third-order valence-corrected chi connectivity index (χ3v) is 3.33. The Hall–Kier alpha value is -1.32. The van der Waals surface area contributed by atoms with Gasteiger partial charge in [0, 0.05) is 36.5 Å². The van der Waals surface area contributed by atoms with Crippen molar-refractivity contribution in [2.24, 2.45) is 0 Å². The van der Waals surface area contributed by atoms with Gasteiger partial charge in [-0.3, -0.25) is 4.79 Å². The van der Waals surface area contributed by atoms with Gasteiger partial charge >= 0.3 is 0 Å². The van der Waals surface area contributed by atoms with E-state index >= 15 is 0 Å². The first-order valence-corrected chi connectivity index (χ1v) is 6.29. The number of halogens is 1. The van der Waals surface area contributed by atoms with Crippen molar-refractivity contribution in [2.75, 3.05) is 31.7 Å². The first kappa shape index (κ1) is 13.1. The van der Waals surface area contributed by atoms with Crippen molar-refractivity contribution in [1.82, 2.24) is 0 Å². The number of rotatable bonds is 4. The molecule has 3 nitrogen and oxygen atoms in total. The highest BCUT2D eigenvalue weighted by Crippen LogP contribution is 2.25. The molecule has 1 aromatic rings. The van der Waals surface area contributed by atoms with Gasteiger partial charge in [-0.2, -0.15) is 0 Å². The molecule has 0 amide bonds. The molecule has 0 spiro atoms. The van der Waals surface area contributed by atoms with E-state index in [2.05, 4.69) is 11.0 Å². The fourth-order valence-electron chi connectivity index (χ4n) is 2.15. The lowest BCUT2D eigenvalue weighted by molar-refractivity contribution is 0.112. The number of carbonyl (C=O) groups is 1. The van der Waals surface area contributed by atoms with Crippen LogP contribution in [0.25, 0.3) is 0 Å². The third kappa shape index (κ3) is 2.92. The average molecular weight is 266 g/mol. The van der Waals surface area contributed by atoms with E-state index in [-0.39, 0.29) is 0 Å². The molecule has 1 aromatic carbocycles. The Labute approximate surface area is 112 Å². The highest BCUT2D eigenvalue weighted by molar-refractivity contribution is 6.31. The number of ether oxygens (including phenoxy) is 1. The maximum Gasteiger partial charge on any atom is 0.152 e. The summed E-state index contributed by atoms with van der Waals surface area (Å²) in [5, 5.41) is 0.591. The van der Waals surface area contributed by atoms with Gasteiger partial charge in [0.1, 0.15) is 0 Å². The number of carbonyl (C=O) groups excluding carboxylic acids is 1. The van der Waals surface area contributed by atoms with Crippen molar-refractivity contribution < 1.29 is 9.53 Å². The van der Waals surface area contributed by atoms with E-state index in [0.29, 0.717) is 17.2 Å². The first-order valence-electron chi connectivity index (χ1n) is 5.91. The molecular weight excluding hydrogens is 250 g/mol. The molecule has 0 unspecified atom stereocenters. The maximum absolute atomic E-state index is 11.1. The molecule has 0 saturated heterocycles. The van der Waals surface area contributed by atoms with E-state index in [9.17, 15) is 4.79 Å². The number of hydrogen-bond donors (Lipinski definition) is 0. The number of aldehydes is 1. The lowest BCUT2D eigenvalue weighted by Crippen LogP contribution is -2.30. The lowest BCUT2D eigenvalue weighted by atomic mass is 10.1. The van der Waals surface area contributed by atoms with Gasteiger partial charge in [-0.25, -0.2) is 0 Å². The van der Waals surface area contributed by atoms with Crippen LogP contribution in [0.4, 0.5) is 5.69 Å². The SMILES string of the molecule is COCC1=CCN(c2ccc(Cl)cc2C=O)CC1. The Morgan fingerprint density at radius 2 is 2.33 bits per heavy atom. The third-order valence-electron chi connectivity index (χ3n) is 3.09. The van der Waals surface area contributed by atoms with Crippen LogP contribution in [0.1, 0.15) is 16.8 Å². The van der Waals surface area contributed by atoms with Gasteiger partial charge in [-0.1, -0.05) is 17.7 Å². The molecule has 4 heteroatoms. The molecule has 18 heavy (non-hydrogen) atoms. The fraction of sp³-hybridized carbons (Fsp3) is 0.357. The Morgan fingerprint density at radius 3 is 2.94 bits per heavy atom. The summed E-state index contributed by atoms with van der Waals surface area (Å²) in [6.45, 7) is 2.40. The van der Waals surface area contributed by atoms with Crippen molar-refractivity contribution >= 4 is 23.6 Å².